The highest BCUT2D eigenvalue weighted by atomic mass is 16.5. The lowest BCUT2D eigenvalue weighted by Gasteiger charge is -2.24. The van der Waals surface area contributed by atoms with Crippen molar-refractivity contribution < 1.29 is 9.47 Å². The smallest absolute Gasteiger partial charge is 0.0637 e. The van der Waals surface area contributed by atoms with Crippen LogP contribution in [0.4, 0.5) is 5.69 Å². The van der Waals surface area contributed by atoms with E-state index in [1.165, 1.54) is 0 Å². The van der Waals surface area contributed by atoms with Gasteiger partial charge in [-0.25, -0.2) is 0 Å². The molecule has 1 N–H and O–H groups in total. The van der Waals surface area contributed by atoms with E-state index in [4.69, 9.17) is 9.47 Å². The Hall–Kier alpha value is -1.17. The van der Waals surface area contributed by atoms with Crippen LogP contribution in [0.15, 0.2) is 18.3 Å². The van der Waals surface area contributed by atoms with Crippen LogP contribution in [0.2, 0.25) is 0 Å². The van der Waals surface area contributed by atoms with Crippen LogP contribution in [0.1, 0.15) is 18.7 Å². The summed E-state index contributed by atoms with van der Waals surface area (Å²) < 4.78 is 10.3. The largest absolute Gasteiger partial charge is 0.383 e. The molecule has 0 aliphatic rings. The SMILES string of the molecule is CNC(C)c1ccc(N(CCOC)CCOC)cn1. The number of rotatable bonds is 9. The van der Waals surface area contributed by atoms with Crippen molar-refractivity contribution in [3.05, 3.63) is 24.0 Å². The molecule has 0 radical (unpaired) electrons. The van der Waals surface area contributed by atoms with E-state index in [9.17, 15) is 0 Å². The number of pyridine rings is 1. The van der Waals surface area contributed by atoms with Crippen LogP contribution in [0, 0.1) is 0 Å². The van der Waals surface area contributed by atoms with E-state index in [2.05, 4.69) is 34.3 Å². The van der Waals surface area contributed by atoms with Gasteiger partial charge in [0, 0.05) is 33.4 Å². The minimum Gasteiger partial charge on any atom is -0.383 e. The molecule has 0 saturated carbocycles. The number of methoxy groups -OCH3 is 2. The van der Waals surface area contributed by atoms with Gasteiger partial charge in [-0.05, 0) is 26.1 Å². The van der Waals surface area contributed by atoms with Crippen molar-refractivity contribution in [2.45, 2.75) is 13.0 Å². The molecule has 0 aliphatic carbocycles. The fourth-order valence-electron chi connectivity index (χ4n) is 1.76. The molecular weight excluding hydrogens is 242 g/mol. The standard InChI is InChI=1S/C14H25N3O2/c1-12(15-2)14-6-5-13(11-16-14)17(7-9-18-3)8-10-19-4/h5-6,11-12,15H,7-10H2,1-4H3. The van der Waals surface area contributed by atoms with Gasteiger partial charge in [-0.3, -0.25) is 4.98 Å². The van der Waals surface area contributed by atoms with Crippen LogP contribution in [0.3, 0.4) is 0 Å². The van der Waals surface area contributed by atoms with Crippen LogP contribution >= 0.6 is 0 Å². The Kier molecular flexibility index (Phi) is 7.40. The monoisotopic (exact) mass is 267 g/mol. The first-order chi connectivity index (χ1) is 9.22. The van der Waals surface area contributed by atoms with Crippen LogP contribution in [0.5, 0.6) is 0 Å². The lowest BCUT2D eigenvalue weighted by atomic mass is 10.2. The first kappa shape index (κ1) is 15.9. The summed E-state index contributed by atoms with van der Waals surface area (Å²) in [6.45, 7) is 5.15. The lowest BCUT2D eigenvalue weighted by molar-refractivity contribution is 0.190. The Bertz CT molecular complexity index is 335. The summed E-state index contributed by atoms with van der Waals surface area (Å²) in [7, 11) is 5.36. The number of anilines is 1. The van der Waals surface area contributed by atoms with Crippen molar-refractivity contribution in [1.82, 2.24) is 10.3 Å². The third-order valence-corrected chi connectivity index (χ3v) is 3.14. The van der Waals surface area contributed by atoms with Crippen molar-refractivity contribution in [1.29, 1.82) is 0 Å². The van der Waals surface area contributed by atoms with E-state index in [1.807, 2.05) is 13.2 Å². The molecule has 0 spiro atoms. The van der Waals surface area contributed by atoms with Crippen LogP contribution in [-0.4, -0.2) is 52.6 Å². The predicted octanol–water partition coefficient (Wildman–Crippen LogP) is 1.46. The van der Waals surface area contributed by atoms with Crippen molar-refractivity contribution in [3.63, 3.8) is 0 Å². The van der Waals surface area contributed by atoms with Gasteiger partial charge >= 0.3 is 0 Å². The van der Waals surface area contributed by atoms with E-state index in [1.54, 1.807) is 14.2 Å². The summed E-state index contributed by atoms with van der Waals surface area (Å²) in [5.74, 6) is 0. The molecule has 0 amide bonds. The minimum atomic E-state index is 0.264. The summed E-state index contributed by atoms with van der Waals surface area (Å²) >= 11 is 0. The van der Waals surface area contributed by atoms with Gasteiger partial charge in [0.25, 0.3) is 0 Å². The minimum absolute atomic E-state index is 0.264. The zero-order chi connectivity index (χ0) is 14.1. The number of hydrogen-bond donors (Lipinski definition) is 1. The third-order valence-electron chi connectivity index (χ3n) is 3.14. The molecule has 0 aliphatic heterocycles. The number of aromatic nitrogens is 1. The van der Waals surface area contributed by atoms with E-state index in [-0.39, 0.29) is 6.04 Å². The van der Waals surface area contributed by atoms with Crippen LogP contribution in [-0.2, 0) is 9.47 Å². The second-order valence-corrected chi connectivity index (χ2v) is 4.42. The van der Waals surface area contributed by atoms with E-state index < -0.39 is 0 Å². The van der Waals surface area contributed by atoms with Gasteiger partial charge in [-0.15, -0.1) is 0 Å². The predicted molar refractivity (Wildman–Crippen MR) is 77.7 cm³/mol. The van der Waals surface area contributed by atoms with Crippen molar-refractivity contribution >= 4 is 5.69 Å². The van der Waals surface area contributed by atoms with Gasteiger partial charge < -0.3 is 19.7 Å². The van der Waals surface area contributed by atoms with Crippen molar-refractivity contribution in [2.75, 3.05) is 52.5 Å². The van der Waals surface area contributed by atoms with Crippen molar-refractivity contribution in [3.8, 4) is 0 Å². The topological polar surface area (TPSA) is 46.6 Å². The second kappa shape index (κ2) is 8.85. The summed E-state index contributed by atoms with van der Waals surface area (Å²) in [6, 6.07) is 4.42. The highest BCUT2D eigenvalue weighted by molar-refractivity contribution is 5.44. The Morgan fingerprint density at radius 2 is 1.84 bits per heavy atom. The van der Waals surface area contributed by atoms with Crippen LogP contribution < -0.4 is 10.2 Å². The molecule has 0 bridgehead atoms. The summed E-state index contributed by atoms with van der Waals surface area (Å²) in [6.07, 6.45) is 1.91. The maximum Gasteiger partial charge on any atom is 0.0637 e. The highest BCUT2D eigenvalue weighted by Gasteiger charge is 2.08. The quantitative estimate of drug-likeness (QED) is 0.734. The molecule has 1 aromatic heterocycles. The molecule has 1 atom stereocenters. The van der Waals surface area contributed by atoms with E-state index >= 15 is 0 Å². The van der Waals surface area contributed by atoms with Gasteiger partial charge in [-0.2, -0.15) is 0 Å². The number of nitrogens with zero attached hydrogens (tertiary/aromatic N) is 2. The van der Waals surface area contributed by atoms with Gasteiger partial charge in [0.1, 0.15) is 0 Å². The Labute approximate surface area is 115 Å². The van der Waals surface area contributed by atoms with Gasteiger partial charge in [0.15, 0.2) is 0 Å². The molecule has 5 nitrogen and oxygen atoms in total. The molecule has 5 heteroatoms. The Balaban J connectivity index is 2.71. The second-order valence-electron chi connectivity index (χ2n) is 4.42. The molecule has 1 unspecified atom stereocenters. The molecule has 0 saturated heterocycles. The summed E-state index contributed by atoms with van der Waals surface area (Å²) in [4.78, 5) is 6.72. The van der Waals surface area contributed by atoms with Gasteiger partial charge in [0.2, 0.25) is 0 Å². The van der Waals surface area contributed by atoms with Gasteiger partial charge in [-0.1, -0.05) is 0 Å². The fourth-order valence-corrected chi connectivity index (χ4v) is 1.76. The van der Waals surface area contributed by atoms with Gasteiger partial charge in [0.05, 0.1) is 30.8 Å². The molecule has 0 aromatic carbocycles. The molecule has 19 heavy (non-hydrogen) atoms. The van der Waals surface area contributed by atoms with E-state index in [0.29, 0.717) is 13.2 Å². The third kappa shape index (κ3) is 5.14. The number of nitrogens with one attached hydrogen (secondary N) is 1. The molecule has 1 rings (SSSR count). The average molecular weight is 267 g/mol. The zero-order valence-corrected chi connectivity index (χ0v) is 12.3. The molecule has 1 aromatic rings. The van der Waals surface area contributed by atoms with E-state index in [0.717, 1.165) is 24.5 Å². The summed E-state index contributed by atoms with van der Waals surface area (Å²) in [5, 5.41) is 3.18. The average Bonchev–Trinajstić information content (AvgIpc) is 2.47. The fraction of sp³-hybridized carbons (Fsp3) is 0.643. The zero-order valence-electron chi connectivity index (χ0n) is 12.3. The first-order valence-corrected chi connectivity index (χ1v) is 6.59. The summed E-state index contributed by atoms with van der Waals surface area (Å²) in [5.41, 5.74) is 2.14. The number of hydrogen-bond acceptors (Lipinski definition) is 5. The highest BCUT2D eigenvalue weighted by Crippen LogP contribution is 2.16. The normalized spacial score (nSPS) is 12.4. The molecule has 108 valence electrons. The Morgan fingerprint density at radius 3 is 2.26 bits per heavy atom. The Morgan fingerprint density at radius 1 is 1.21 bits per heavy atom. The van der Waals surface area contributed by atoms with Crippen LogP contribution in [0.25, 0.3) is 0 Å². The molecular formula is C14H25N3O2. The van der Waals surface area contributed by atoms with Crippen molar-refractivity contribution in [2.24, 2.45) is 0 Å². The maximum absolute atomic E-state index is 5.14. The number of ether oxygens (including phenoxy) is 2. The molecule has 0 fully saturated rings. The lowest BCUT2D eigenvalue weighted by Crippen LogP contribution is -2.30. The first-order valence-electron chi connectivity index (χ1n) is 6.59. The maximum atomic E-state index is 5.14. The molecule has 1 heterocycles.